The van der Waals surface area contributed by atoms with Gasteiger partial charge in [0.05, 0.1) is 0 Å². The molecule has 0 heterocycles. The van der Waals surface area contributed by atoms with Crippen molar-refractivity contribution in [2.75, 3.05) is 0 Å². The highest BCUT2D eigenvalue weighted by Gasteiger charge is 2.39. The highest BCUT2D eigenvalue weighted by Crippen LogP contribution is 2.56. The molecule has 156 valence electrons. The normalized spacial score (nSPS) is 13.1. The number of benzene rings is 5. The van der Waals surface area contributed by atoms with E-state index in [-0.39, 0.29) is 5.41 Å². The van der Waals surface area contributed by atoms with Crippen molar-refractivity contribution >= 4 is 32.3 Å². The van der Waals surface area contributed by atoms with Crippen LogP contribution in [0.1, 0.15) is 52.7 Å². The van der Waals surface area contributed by atoms with E-state index in [0.29, 0.717) is 0 Å². The first-order valence-corrected chi connectivity index (χ1v) is 11.6. The monoisotopic (exact) mass is 404 g/mol. The van der Waals surface area contributed by atoms with Crippen molar-refractivity contribution in [3.63, 3.8) is 0 Å². The van der Waals surface area contributed by atoms with Gasteiger partial charge in [-0.25, -0.2) is 0 Å². The fourth-order valence-corrected chi connectivity index (χ4v) is 5.35. The smallest absolute Gasteiger partial charge is 0.0171 e. The molecule has 0 atom stereocenters. The van der Waals surface area contributed by atoms with Crippen LogP contribution in [-0.4, -0.2) is 0 Å². The average Bonchev–Trinajstić information content (AvgIpc) is 3.09. The van der Waals surface area contributed by atoms with Crippen molar-refractivity contribution in [2.24, 2.45) is 0 Å². The topological polar surface area (TPSA) is 0 Å². The van der Waals surface area contributed by atoms with Crippen molar-refractivity contribution < 1.29 is 0 Å². The van der Waals surface area contributed by atoms with Gasteiger partial charge in [0.25, 0.3) is 0 Å². The van der Waals surface area contributed by atoms with Gasteiger partial charge >= 0.3 is 0 Å². The lowest BCUT2D eigenvalue weighted by Gasteiger charge is -2.25. The molecule has 0 unspecified atom stereocenters. The van der Waals surface area contributed by atoms with E-state index in [9.17, 15) is 0 Å². The van der Waals surface area contributed by atoms with E-state index >= 15 is 0 Å². The van der Waals surface area contributed by atoms with Crippen molar-refractivity contribution in [1.82, 2.24) is 0 Å². The van der Waals surface area contributed by atoms with Crippen LogP contribution in [0.15, 0.2) is 84.9 Å². The Morgan fingerprint density at radius 2 is 0.935 bits per heavy atom. The van der Waals surface area contributed by atoms with Crippen molar-refractivity contribution in [3.8, 4) is 11.1 Å². The summed E-state index contributed by atoms with van der Waals surface area (Å²) in [6.45, 7) is 12.8. The zero-order valence-corrected chi connectivity index (χ0v) is 19.6. The van der Waals surface area contributed by atoms with Crippen molar-refractivity contribution in [2.45, 2.75) is 47.0 Å². The molecule has 31 heavy (non-hydrogen) atoms. The minimum Gasteiger partial charge on any atom is -0.0683 e. The van der Waals surface area contributed by atoms with Gasteiger partial charge in [0.15, 0.2) is 0 Å². The first kappa shape index (κ1) is 21.1. The Bertz CT molecular complexity index is 1390. The molecule has 5 aromatic carbocycles. The van der Waals surface area contributed by atoms with Gasteiger partial charge < -0.3 is 0 Å². The van der Waals surface area contributed by atoms with E-state index in [1.165, 1.54) is 54.6 Å². The molecule has 0 saturated carbocycles. The van der Waals surface area contributed by atoms with Crippen LogP contribution in [0.2, 0.25) is 0 Å². The van der Waals surface area contributed by atoms with Gasteiger partial charge in [-0.05, 0) is 54.6 Å². The standard InChI is InChI=1S/C27H20.2C2H6/c1-27(2)25-18-10-4-3-9-17(18)15-16-23(25)24-21-13-7-5-11-19(21)20-12-6-8-14-22(20)26(24)27;2*1-2/h3-16H,1-2H3;2*1-2H3. The van der Waals surface area contributed by atoms with E-state index < -0.39 is 0 Å². The molecule has 0 fully saturated rings. The molecule has 6 rings (SSSR count). The predicted molar refractivity (Wildman–Crippen MR) is 139 cm³/mol. The fourth-order valence-electron chi connectivity index (χ4n) is 5.35. The van der Waals surface area contributed by atoms with E-state index in [1.807, 2.05) is 27.7 Å². The Kier molecular flexibility index (Phi) is 5.58. The molecule has 0 saturated heterocycles. The summed E-state index contributed by atoms with van der Waals surface area (Å²) in [6, 6.07) is 31.2. The maximum Gasteiger partial charge on any atom is 0.0171 e. The van der Waals surface area contributed by atoms with E-state index in [4.69, 9.17) is 0 Å². The number of fused-ring (bicyclic) bond motifs is 10. The number of hydrogen-bond acceptors (Lipinski definition) is 0. The molecular weight excluding hydrogens is 372 g/mol. The molecule has 1 aliphatic rings. The molecule has 0 N–H and O–H groups in total. The first-order chi connectivity index (χ1) is 15.2. The SMILES string of the molecule is CC.CC.CC1(C)c2c(ccc3ccccc23)-c2c1c1ccccc1c1ccccc21. The summed E-state index contributed by atoms with van der Waals surface area (Å²) in [5.74, 6) is 0. The van der Waals surface area contributed by atoms with Crippen LogP contribution >= 0.6 is 0 Å². The second-order valence-corrected chi connectivity index (χ2v) is 8.18. The summed E-state index contributed by atoms with van der Waals surface area (Å²) in [7, 11) is 0. The van der Waals surface area contributed by atoms with Gasteiger partial charge in [0.1, 0.15) is 0 Å². The molecule has 0 aromatic heterocycles. The van der Waals surface area contributed by atoms with E-state index in [2.05, 4.69) is 98.8 Å². The quantitative estimate of drug-likeness (QED) is 0.225. The van der Waals surface area contributed by atoms with E-state index in [0.717, 1.165) is 0 Å². The van der Waals surface area contributed by atoms with Gasteiger partial charge in [-0.15, -0.1) is 0 Å². The fraction of sp³-hybridized carbons (Fsp3) is 0.226. The Morgan fingerprint density at radius 3 is 1.58 bits per heavy atom. The molecule has 1 aliphatic carbocycles. The summed E-state index contributed by atoms with van der Waals surface area (Å²) in [5.41, 5.74) is 5.74. The summed E-state index contributed by atoms with van der Waals surface area (Å²) in [6.07, 6.45) is 0. The van der Waals surface area contributed by atoms with Gasteiger partial charge in [-0.3, -0.25) is 0 Å². The third-order valence-electron chi connectivity index (χ3n) is 6.38. The third-order valence-corrected chi connectivity index (χ3v) is 6.38. The zero-order chi connectivity index (χ0) is 22.2. The molecule has 0 radical (unpaired) electrons. The second-order valence-electron chi connectivity index (χ2n) is 8.18. The Hall–Kier alpha value is -3.12. The molecule has 0 spiro atoms. The minimum absolute atomic E-state index is 0.0326. The second kappa shape index (κ2) is 8.19. The summed E-state index contributed by atoms with van der Waals surface area (Å²) < 4.78 is 0. The van der Waals surface area contributed by atoms with Crippen molar-refractivity contribution in [3.05, 3.63) is 96.1 Å². The van der Waals surface area contributed by atoms with Crippen LogP contribution in [0.3, 0.4) is 0 Å². The Labute approximate surface area is 186 Å². The van der Waals surface area contributed by atoms with Gasteiger partial charge in [0.2, 0.25) is 0 Å². The number of rotatable bonds is 0. The molecule has 0 heteroatoms. The highest BCUT2D eigenvalue weighted by atomic mass is 14.4. The van der Waals surface area contributed by atoms with Crippen LogP contribution < -0.4 is 0 Å². The number of hydrogen-bond donors (Lipinski definition) is 0. The van der Waals surface area contributed by atoms with Gasteiger partial charge in [0, 0.05) is 5.41 Å². The largest absolute Gasteiger partial charge is 0.0683 e. The Balaban J connectivity index is 0.000000549. The molecule has 0 amide bonds. The lowest BCUT2D eigenvalue weighted by atomic mass is 9.78. The molecule has 0 bridgehead atoms. The predicted octanol–water partition coefficient (Wildman–Crippen LogP) is 9.50. The summed E-state index contributed by atoms with van der Waals surface area (Å²) in [4.78, 5) is 0. The average molecular weight is 405 g/mol. The highest BCUT2D eigenvalue weighted by molar-refractivity contribution is 6.19. The van der Waals surface area contributed by atoms with E-state index in [1.54, 1.807) is 0 Å². The molecule has 5 aromatic rings. The maximum absolute atomic E-state index is 2.39. The van der Waals surface area contributed by atoms with Crippen molar-refractivity contribution in [1.29, 1.82) is 0 Å². The lowest BCUT2D eigenvalue weighted by Crippen LogP contribution is -2.16. The van der Waals surface area contributed by atoms with Crippen LogP contribution in [0.5, 0.6) is 0 Å². The van der Waals surface area contributed by atoms with Crippen LogP contribution in [0, 0.1) is 0 Å². The van der Waals surface area contributed by atoms with Crippen LogP contribution in [-0.2, 0) is 5.41 Å². The zero-order valence-electron chi connectivity index (χ0n) is 19.6. The van der Waals surface area contributed by atoms with Gasteiger partial charge in [-0.1, -0.05) is 126 Å². The lowest BCUT2D eigenvalue weighted by molar-refractivity contribution is 0.672. The van der Waals surface area contributed by atoms with Gasteiger partial charge in [-0.2, -0.15) is 0 Å². The minimum atomic E-state index is -0.0326. The molecular formula is C31H32. The summed E-state index contributed by atoms with van der Waals surface area (Å²) in [5, 5.41) is 8.17. The van der Waals surface area contributed by atoms with Crippen LogP contribution in [0.25, 0.3) is 43.4 Å². The Morgan fingerprint density at radius 1 is 0.452 bits per heavy atom. The molecule has 0 aliphatic heterocycles. The maximum atomic E-state index is 2.39. The first-order valence-electron chi connectivity index (χ1n) is 11.6. The third kappa shape index (κ3) is 2.97. The summed E-state index contributed by atoms with van der Waals surface area (Å²) >= 11 is 0. The molecule has 0 nitrogen and oxygen atoms in total. The van der Waals surface area contributed by atoms with Crippen LogP contribution in [0.4, 0.5) is 0 Å².